The highest BCUT2D eigenvalue weighted by Gasteiger charge is 2.21. The van der Waals surface area contributed by atoms with E-state index in [1.165, 1.54) is 43.6 Å². The highest BCUT2D eigenvalue weighted by Crippen LogP contribution is 2.41. The third-order valence-corrected chi connectivity index (χ3v) is 7.32. The van der Waals surface area contributed by atoms with Crippen molar-refractivity contribution in [1.82, 2.24) is 14.1 Å². The number of hydrogen-bond acceptors (Lipinski definition) is 1. The summed E-state index contributed by atoms with van der Waals surface area (Å²) in [6, 6.07) is 43.2. The number of hydrogen-bond donors (Lipinski definition) is 0. The Balaban J connectivity index is 1.64. The van der Waals surface area contributed by atoms with Crippen LogP contribution < -0.4 is 0 Å². The molecule has 0 saturated heterocycles. The molecule has 5 aromatic carbocycles. The minimum Gasteiger partial charge on any atom is -0.307 e. The minimum absolute atomic E-state index is 1.01. The van der Waals surface area contributed by atoms with Gasteiger partial charge in [0.25, 0.3) is 0 Å². The van der Waals surface area contributed by atoms with E-state index in [1.807, 2.05) is 12.3 Å². The van der Waals surface area contributed by atoms with Crippen LogP contribution >= 0.6 is 0 Å². The Morgan fingerprint density at radius 3 is 1.69 bits per heavy atom. The van der Waals surface area contributed by atoms with E-state index in [0.717, 1.165) is 22.3 Å². The summed E-state index contributed by atoms with van der Waals surface area (Å²) in [6.07, 6.45) is 2.00. The normalized spacial score (nSPS) is 11.9. The standard InChI is InChI=1S/C33H21N3/c1-2-11-23(12-3-1)35-30-16-8-5-13-25(30)27-18-19-28-26-14-6-9-17-31(26)36(33(28)32(27)35)24-20-22-10-4-7-15-29(22)34-21-24/h1-21H. The lowest BCUT2D eigenvalue weighted by molar-refractivity contribution is 1.14. The summed E-state index contributed by atoms with van der Waals surface area (Å²) in [5, 5.41) is 6.13. The van der Waals surface area contributed by atoms with E-state index < -0.39 is 0 Å². The Morgan fingerprint density at radius 1 is 0.444 bits per heavy atom. The zero-order valence-electron chi connectivity index (χ0n) is 19.5. The Morgan fingerprint density at radius 2 is 1.00 bits per heavy atom. The van der Waals surface area contributed by atoms with Gasteiger partial charge in [-0.1, -0.05) is 84.9 Å². The lowest BCUT2D eigenvalue weighted by atomic mass is 10.1. The van der Waals surface area contributed by atoms with Crippen molar-refractivity contribution in [2.75, 3.05) is 0 Å². The van der Waals surface area contributed by atoms with Crippen LogP contribution in [0.4, 0.5) is 0 Å². The van der Waals surface area contributed by atoms with Gasteiger partial charge in [-0.05, 0) is 36.4 Å². The van der Waals surface area contributed by atoms with Crippen LogP contribution in [-0.2, 0) is 0 Å². The molecule has 0 radical (unpaired) electrons. The molecule has 8 aromatic rings. The van der Waals surface area contributed by atoms with E-state index >= 15 is 0 Å². The summed E-state index contributed by atoms with van der Waals surface area (Å²) in [7, 11) is 0. The summed E-state index contributed by atoms with van der Waals surface area (Å²) in [4.78, 5) is 4.83. The van der Waals surface area contributed by atoms with Crippen LogP contribution in [0.15, 0.2) is 128 Å². The molecule has 0 aliphatic carbocycles. The maximum atomic E-state index is 4.83. The molecule has 36 heavy (non-hydrogen) atoms. The van der Waals surface area contributed by atoms with Crippen molar-refractivity contribution in [3.05, 3.63) is 128 Å². The molecular weight excluding hydrogens is 438 g/mol. The number of nitrogens with zero attached hydrogens (tertiary/aromatic N) is 3. The summed E-state index contributed by atoms with van der Waals surface area (Å²) in [5.41, 5.74) is 8.03. The molecule has 3 heteroatoms. The molecule has 0 atom stereocenters. The third kappa shape index (κ3) is 2.60. The summed E-state index contributed by atoms with van der Waals surface area (Å²) in [5.74, 6) is 0. The second-order valence-electron chi connectivity index (χ2n) is 9.28. The summed E-state index contributed by atoms with van der Waals surface area (Å²) in [6.45, 7) is 0. The van der Waals surface area contributed by atoms with E-state index in [-0.39, 0.29) is 0 Å². The fraction of sp³-hybridized carbons (Fsp3) is 0. The van der Waals surface area contributed by atoms with Gasteiger partial charge in [-0.25, -0.2) is 0 Å². The van der Waals surface area contributed by atoms with Crippen molar-refractivity contribution in [3.8, 4) is 11.4 Å². The molecule has 3 heterocycles. The van der Waals surface area contributed by atoms with Crippen molar-refractivity contribution in [1.29, 1.82) is 0 Å². The quantitative estimate of drug-likeness (QED) is 0.254. The van der Waals surface area contributed by atoms with Gasteiger partial charge in [-0.3, -0.25) is 4.98 Å². The smallest absolute Gasteiger partial charge is 0.0789 e. The lowest BCUT2D eigenvalue weighted by Gasteiger charge is -2.12. The van der Waals surface area contributed by atoms with Gasteiger partial charge in [-0.2, -0.15) is 0 Å². The number of para-hydroxylation sites is 4. The van der Waals surface area contributed by atoms with Crippen LogP contribution in [0.3, 0.4) is 0 Å². The summed E-state index contributed by atoms with van der Waals surface area (Å²) < 4.78 is 4.81. The molecule has 3 aromatic heterocycles. The van der Waals surface area contributed by atoms with Crippen molar-refractivity contribution in [2.24, 2.45) is 0 Å². The average Bonchev–Trinajstić information content (AvgIpc) is 3.46. The van der Waals surface area contributed by atoms with E-state index in [1.54, 1.807) is 0 Å². The van der Waals surface area contributed by atoms with Crippen LogP contribution in [0.5, 0.6) is 0 Å². The largest absolute Gasteiger partial charge is 0.307 e. The van der Waals surface area contributed by atoms with Crippen LogP contribution in [0.25, 0.3) is 65.9 Å². The first kappa shape index (κ1) is 19.4. The Hall–Kier alpha value is -4.89. The first-order valence-corrected chi connectivity index (χ1v) is 12.2. The number of pyridine rings is 1. The zero-order valence-corrected chi connectivity index (χ0v) is 19.5. The molecule has 0 unspecified atom stereocenters. The predicted octanol–water partition coefficient (Wildman–Crippen LogP) is 8.43. The number of rotatable bonds is 2. The van der Waals surface area contributed by atoms with Gasteiger partial charge in [0.05, 0.1) is 39.5 Å². The van der Waals surface area contributed by atoms with E-state index in [2.05, 4.69) is 124 Å². The lowest BCUT2D eigenvalue weighted by Crippen LogP contribution is -1.99. The van der Waals surface area contributed by atoms with Crippen molar-refractivity contribution >= 4 is 54.5 Å². The average molecular weight is 460 g/mol. The number of fused-ring (bicyclic) bond motifs is 8. The number of aromatic nitrogens is 3. The van der Waals surface area contributed by atoms with Crippen LogP contribution in [0, 0.1) is 0 Å². The van der Waals surface area contributed by atoms with E-state index in [0.29, 0.717) is 0 Å². The maximum Gasteiger partial charge on any atom is 0.0789 e. The first-order chi connectivity index (χ1) is 17.9. The van der Waals surface area contributed by atoms with E-state index in [9.17, 15) is 0 Å². The van der Waals surface area contributed by atoms with Gasteiger partial charge in [-0.15, -0.1) is 0 Å². The molecule has 3 nitrogen and oxygen atoms in total. The predicted molar refractivity (Wildman–Crippen MR) is 150 cm³/mol. The number of benzene rings is 5. The Labute approximate surface area is 207 Å². The third-order valence-electron chi connectivity index (χ3n) is 7.32. The molecular formula is C33H21N3. The molecule has 0 fully saturated rings. The monoisotopic (exact) mass is 459 g/mol. The van der Waals surface area contributed by atoms with Crippen molar-refractivity contribution in [2.45, 2.75) is 0 Å². The molecule has 0 spiro atoms. The van der Waals surface area contributed by atoms with Gasteiger partial charge < -0.3 is 9.13 Å². The molecule has 0 bridgehead atoms. The molecule has 0 aliphatic heterocycles. The van der Waals surface area contributed by atoms with Gasteiger partial charge in [0.2, 0.25) is 0 Å². The summed E-state index contributed by atoms with van der Waals surface area (Å²) >= 11 is 0. The maximum absolute atomic E-state index is 4.83. The highest BCUT2D eigenvalue weighted by molar-refractivity contribution is 6.23. The SMILES string of the molecule is c1ccc(-n2c3ccccc3c3ccc4c5ccccc5n(-c5cnc6ccccc6c5)c4c32)cc1. The van der Waals surface area contributed by atoms with Crippen LogP contribution in [-0.4, -0.2) is 14.1 Å². The second-order valence-corrected chi connectivity index (χ2v) is 9.28. The molecule has 0 N–H and O–H groups in total. The topological polar surface area (TPSA) is 22.8 Å². The van der Waals surface area contributed by atoms with Crippen molar-refractivity contribution in [3.63, 3.8) is 0 Å². The van der Waals surface area contributed by atoms with Crippen molar-refractivity contribution < 1.29 is 0 Å². The molecule has 0 saturated carbocycles. The minimum atomic E-state index is 1.01. The fourth-order valence-corrected chi connectivity index (χ4v) is 5.80. The van der Waals surface area contributed by atoms with Gasteiger partial charge >= 0.3 is 0 Å². The molecule has 168 valence electrons. The molecule has 0 amide bonds. The van der Waals surface area contributed by atoms with Gasteiger partial charge in [0, 0.05) is 32.6 Å². The fourth-order valence-electron chi connectivity index (χ4n) is 5.80. The van der Waals surface area contributed by atoms with Crippen LogP contribution in [0.2, 0.25) is 0 Å². The second kappa shape index (κ2) is 7.30. The molecule has 8 rings (SSSR count). The Bertz CT molecular complexity index is 2100. The van der Waals surface area contributed by atoms with Gasteiger partial charge in [0.15, 0.2) is 0 Å². The van der Waals surface area contributed by atoms with Crippen LogP contribution in [0.1, 0.15) is 0 Å². The molecule has 0 aliphatic rings. The van der Waals surface area contributed by atoms with Gasteiger partial charge in [0.1, 0.15) is 0 Å². The Kier molecular flexibility index (Phi) is 3.94. The van der Waals surface area contributed by atoms with E-state index in [4.69, 9.17) is 4.98 Å². The first-order valence-electron chi connectivity index (χ1n) is 12.2. The highest BCUT2D eigenvalue weighted by atomic mass is 15.0. The zero-order chi connectivity index (χ0) is 23.6.